The standard InChI is InChI=1S/C24H20N8O2S2/c1-3-25-24(34)29-19-9-15(22-28-17(12-35-22)14-7-5-4-6-8-14)16(10-26-19)23-30-20(18(11-33)36-23)21-31-27-13-32(21)2/h4-13H,3H2,1-2H3,(H2,25,26,29,34). The van der Waals surface area contributed by atoms with Crippen LogP contribution in [0.1, 0.15) is 16.6 Å². The predicted octanol–water partition coefficient (Wildman–Crippen LogP) is 4.75. The van der Waals surface area contributed by atoms with E-state index in [9.17, 15) is 9.59 Å². The molecular weight excluding hydrogens is 496 g/mol. The summed E-state index contributed by atoms with van der Waals surface area (Å²) in [7, 11) is 1.79. The Balaban J connectivity index is 1.62. The maximum absolute atomic E-state index is 12.1. The lowest BCUT2D eigenvalue weighted by molar-refractivity contribution is 0.112. The van der Waals surface area contributed by atoms with E-state index >= 15 is 0 Å². The topological polar surface area (TPSA) is 128 Å². The fourth-order valence-electron chi connectivity index (χ4n) is 3.52. The maximum atomic E-state index is 12.1. The van der Waals surface area contributed by atoms with Gasteiger partial charge in [0.2, 0.25) is 0 Å². The molecule has 0 radical (unpaired) electrons. The molecule has 0 fully saturated rings. The highest BCUT2D eigenvalue weighted by Gasteiger charge is 2.22. The van der Waals surface area contributed by atoms with Crippen LogP contribution in [-0.4, -0.2) is 48.6 Å². The van der Waals surface area contributed by atoms with Crippen molar-refractivity contribution >= 4 is 40.8 Å². The summed E-state index contributed by atoms with van der Waals surface area (Å²) in [5, 5.41) is 16.7. The van der Waals surface area contributed by atoms with E-state index in [0.717, 1.165) is 28.1 Å². The van der Waals surface area contributed by atoms with Crippen LogP contribution in [0.3, 0.4) is 0 Å². The molecule has 4 heterocycles. The largest absolute Gasteiger partial charge is 0.338 e. The SMILES string of the molecule is CCNC(=O)Nc1cc(-c2nc(-c3ccccc3)cs2)c(-c2nc(-c3nncn3C)c(C=O)s2)cn1. The molecule has 12 heteroatoms. The van der Waals surface area contributed by atoms with Gasteiger partial charge in [-0.1, -0.05) is 30.3 Å². The number of hydrogen-bond acceptors (Lipinski definition) is 9. The minimum atomic E-state index is -0.352. The molecule has 5 rings (SSSR count). The minimum absolute atomic E-state index is 0.352. The molecule has 0 unspecified atom stereocenters. The average Bonchev–Trinajstić information content (AvgIpc) is 3.64. The molecule has 1 aromatic carbocycles. The molecule has 0 aliphatic heterocycles. The van der Waals surface area contributed by atoms with Crippen LogP contribution in [-0.2, 0) is 7.05 Å². The number of pyridine rings is 1. The predicted molar refractivity (Wildman–Crippen MR) is 140 cm³/mol. The molecule has 0 spiro atoms. The number of aldehydes is 1. The molecule has 36 heavy (non-hydrogen) atoms. The Morgan fingerprint density at radius 2 is 1.97 bits per heavy atom. The van der Waals surface area contributed by atoms with E-state index in [1.54, 1.807) is 30.2 Å². The second-order valence-corrected chi connectivity index (χ2v) is 9.51. The van der Waals surface area contributed by atoms with E-state index in [0.29, 0.717) is 39.3 Å². The average molecular weight is 517 g/mol. The van der Waals surface area contributed by atoms with Crippen LogP contribution in [0.2, 0.25) is 0 Å². The van der Waals surface area contributed by atoms with E-state index < -0.39 is 0 Å². The summed E-state index contributed by atoms with van der Waals surface area (Å²) in [6.07, 6.45) is 3.95. The molecule has 0 aliphatic rings. The van der Waals surface area contributed by atoms with Crippen molar-refractivity contribution in [2.24, 2.45) is 7.05 Å². The molecule has 180 valence electrons. The van der Waals surface area contributed by atoms with E-state index in [1.807, 2.05) is 42.6 Å². The van der Waals surface area contributed by atoms with E-state index in [-0.39, 0.29) is 6.03 Å². The van der Waals surface area contributed by atoms with Crippen LogP contribution in [0.15, 0.2) is 54.3 Å². The van der Waals surface area contributed by atoms with Gasteiger partial charge in [0.15, 0.2) is 12.1 Å². The smallest absolute Gasteiger partial charge is 0.320 e. The lowest BCUT2D eigenvalue weighted by Gasteiger charge is -2.09. The third kappa shape index (κ3) is 4.63. The van der Waals surface area contributed by atoms with Crippen molar-refractivity contribution in [3.63, 3.8) is 0 Å². The number of aryl methyl sites for hydroxylation is 1. The summed E-state index contributed by atoms with van der Waals surface area (Å²) in [6, 6.07) is 11.3. The van der Waals surface area contributed by atoms with Gasteiger partial charge < -0.3 is 9.88 Å². The summed E-state index contributed by atoms with van der Waals surface area (Å²) >= 11 is 2.71. The number of urea groups is 1. The highest BCUT2D eigenvalue weighted by molar-refractivity contribution is 7.17. The molecule has 0 atom stereocenters. The Morgan fingerprint density at radius 3 is 2.69 bits per heavy atom. The van der Waals surface area contributed by atoms with Crippen molar-refractivity contribution < 1.29 is 9.59 Å². The first kappa shape index (κ1) is 23.5. The van der Waals surface area contributed by atoms with Crippen LogP contribution in [0.5, 0.6) is 0 Å². The van der Waals surface area contributed by atoms with Crippen LogP contribution in [0, 0.1) is 0 Å². The summed E-state index contributed by atoms with van der Waals surface area (Å²) in [6.45, 7) is 2.33. The molecule has 5 aromatic rings. The Labute approximate surface area is 214 Å². The Hall–Kier alpha value is -4.29. The number of aromatic nitrogens is 6. The Morgan fingerprint density at radius 1 is 1.14 bits per heavy atom. The van der Waals surface area contributed by atoms with Gasteiger partial charge in [-0.3, -0.25) is 10.1 Å². The summed E-state index contributed by atoms with van der Waals surface area (Å²) < 4.78 is 1.71. The number of rotatable bonds is 7. The van der Waals surface area contributed by atoms with Gasteiger partial charge in [0, 0.05) is 41.9 Å². The second-order valence-electron chi connectivity index (χ2n) is 7.62. The zero-order chi connectivity index (χ0) is 25.1. The van der Waals surface area contributed by atoms with Crippen LogP contribution in [0.25, 0.3) is 43.9 Å². The number of carbonyl (C=O) groups excluding carboxylic acids is 2. The first-order chi connectivity index (χ1) is 17.6. The van der Waals surface area contributed by atoms with Gasteiger partial charge in [-0.25, -0.2) is 19.7 Å². The van der Waals surface area contributed by atoms with Gasteiger partial charge in [-0.15, -0.1) is 32.9 Å². The number of nitrogens with zero attached hydrogens (tertiary/aromatic N) is 6. The number of hydrogen-bond donors (Lipinski definition) is 2. The van der Waals surface area contributed by atoms with Crippen molar-refractivity contribution in [2.45, 2.75) is 6.92 Å². The summed E-state index contributed by atoms with van der Waals surface area (Å²) in [4.78, 5) is 38.4. The van der Waals surface area contributed by atoms with Crippen molar-refractivity contribution in [1.82, 2.24) is 35.0 Å². The first-order valence-electron chi connectivity index (χ1n) is 10.9. The van der Waals surface area contributed by atoms with Gasteiger partial charge in [0.05, 0.1) is 10.6 Å². The van der Waals surface area contributed by atoms with E-state index in [1.165, 1.54) is 22.7 Å². The van der Waals surface area contributed by atoms with Gasteiger partial charge in [0.25, 0.3) is 0 Å². The summed E-state index contributed by atoms with van der Waals surface area (Å²) in [5.74, 6) is 0.862. The number of amides is 2. The third-order valence-corrected chi connectivity index (χ3v) is 7.09. The number of carbonyl (C=O) groups is 2. The molecule has 0 saturated heterocycles. The van der Waals surface area contributed by atoms with E-state index in [2.05, 4.69) is 25.8 Å². The molecule has 2 amide bonds. The van der Waals surface area contributed by atoms with Crippen LogP contribution >= 0.6 is 22.7 Å². The van der Waals surface area contributed by atoms with Crippen LogP contribution in [0.4, 0.5) is 10.6 Å². The Kier molecular flexibility index (Phi) is 6.60. The first-order valence-corrected chi connectivity index (χ1v) is 12.6. The van der Waals surface area contributed by atoms with Crippen molar-refractivity contribution in [3.05, 3.63) is 59.2 Å². The van der Waals surface area contributed by atoms with Crippen molar-refractivity contribution in [1.29, 1.82) is 0 Å². The monoisotopic (exact) mass is 516 g/mol. The molecule has 2 N–H and O–H groups in total. The highest BCUT2D eigenvalue weighted by Crippen LogP contribution is 2.40. The van der Waals surface area contributed by atoms with Gasteiger partial charge in [-0.2, -0.15) is 0 Å². The molecular formula is C24H20N8O2S2. The molecule has 0 saturated carbocycles. The lowest BCUT2D eigenvalue weighted by Crippen LogP contribution is -2.28. The normalized spacial score (nSPS) is 10.8. The number of thiazole rings is 2. The molecule has 0 bridgehead atoms. The number of nitrogens with one attached hydrogen (secondary N) is 2. The van der Waals surface area contributed by atoms with Crippen LogP contribution < -0.4 is 10.6 Å². The fourth-order valence-corrected chi connectivity index (χ4v) is 5.27. The Bertz CT molecular complexity index is 1540. The van der Waals surface area contributed by atoms with Gasteiger partial charge >= 0.3 is 6.03 Å². The highest BCUT2D eigenvalue weighted by atomic mass is 32.1. The quantitative estimate of drug-likeness (QED) is 0.299. The maximum Gasteiger partial charge on any atom is 0.320 e. The zero-order valence-corrected chi connectivity index (χ0v) is 20.9. The second kappa shape index (κ2) is 10.1. The summed E-state index contributed by atoms with van der Waals surface area (Å²) in [5.41, 5.74) is 3.71. The zero-order valence-electron chi connectivity index (χ0n) is 19.3. The lowest BCUT2D eigenvalue weighted by atomic mass is 10.1. The van der Waals surface area contributed by atoms with Gasteiger partial charge in [0.1, 0.15) is 27.9 Å². The molecule has 10 nitrogen and oxygen atoms in total. The number of benzene rings is 1. The number of anilines is 1. The minimum Gasteiger partial charge on any atom is -0.338 e. The van der Waals surface area contributed by atoms with Crippen molar-refractivity contribution in [3.8, 4) is 43.9 Å². The van der Waals surface area contributed by atoms with Gasteiger partial charge in [-0.05, 0) is 13.0 Å². The van der Waals surface area contributed by atoms with E-state index in [4.69, 9.17) is 9.97 Å². The third-order valence-electron chi connectivity index (χ3n) is 5.20. The molecule has 0 aliphatic carbocycles. The van der Waals surface area contributed by atoms with Crippen molar-refractivity contribution in [2.75, 3.05) is 11.9 Å². The fraction of sp³-hybridized carbons (Fsp3) is 0.125. The molecule has 4 aromatic heterocycles.